The second-order valence-corrected chi connectivity index (χ2v) is 10.2. The van der Waals surface area contributed by atoms with Crippen molar-refractivity contribution in [1.29, 1.82) is 0 Å². The first kappa shape index (κ1) is 10.7. The number of allylic oxidation sites excluding steroid dienone is 2. The first-order valence-electron chi connectivity index (χ1n) is 5.13. The summed E-state index contributed by atoms with van der Waals surface area (Å²) in [4.78, 5) is 11.5. The van der Waals surface area contributed by atoms with Crippen molar-refractivity contribution in [3.8, 4) is 0 Å². The molecule has 0 radical (unpaired) electrons. The molecule has 0 bridgehead atoms. The van der Waals surface area contributed by atoms with E-state index in [1.807, 2.05) is 6.92 Å². The summed E-state index contributed by atoms with van der Waals surface area (Å²) in [5, 5.41) is 1.59. The highest BCUT2D eigenvalue weighted by molar-refractivity contribution is 6.83. The summed E-state index contributed by atoms with van der Waals surface area (Å²) in [5.74, 6) is 0.707. The monoisotopic (exact) mass is 196 g/mol. The van der Waals surface area contributed by atoms with E-state index in [-0.39, 0.29) is 5.92 Å². The van der Waals surface area contributed by atoms with Gasteiger partial charge in [-0.05, 0) is 12.8 Å². The summed E-state index contributed by atoms with van der Waals surface area (Å²) in [6, 6.07) is 0. The predicted molar refractivity (Wildman–Crippen MR) is 59.5 cm³/mol. The SMILES string of the molecule is CC1CC=C([Si](C)(C)C)CCC1=O. The highest BCUT2D eigenvalue weighted by Gasteiger charge is 2.24. The zero-order valence-electron chi connectivity index (χ0n) is 9.18. The maximum absolute atomic E-state index is 11.5. The van der Waals surface area contributed by atoms with Gasteiger partial charge in [0.1, 0.15) is 5.78 Å². The molecule has 74 valence electrons. The fraction of sp³-hybridized carbons (Fsp3) is 0.727. The molecule has 1 atom stereocenters. The van der Waals surface area contributed by atoms with Crippen LogP contribution in [0.2, 0.25) is 19.6 Å². The van der Waals surface area contributed by atoms with Crippen molar-refractivity contribution >= 4 is 13.9 Å². The van der Waals surface area contributed by atoms with Crippen molar-refractivity contribution in [2.24, 2.45) is 5.92 Å². The van der Waals surface area contributed by atoms with Gasteiger partial charge in [-0.15, -0.1) is 0 Å². The van der Waals surface area contributed by atoms with E-state index in [1.165, 1.54) is 0 Å². The van der Waals surface area contributed by atoms with E-state index < -0.39 is 8.07 Å². The van der Waals surface area contributed by atoms with Crippen molar-refractivity contribution in [3.05, 3.63) is 11.3 Å². The smallest absolute Gasteiger partial charge is 0.136 e. The highest BCUT2D eigenvalue weighted by atomic mass is 28.3. The fourth-order valence-corrected chi connectivity index (χ4v) is 3.34. The van der Waals surface area contributed by atoms with Crippen LogP contribution in [0, 0.1) is 5.92 Å². The van der Waals surface area contributed by atoms with Crippen LogP contribution >= 0.6 is 0 Å². The molecule has 1 aliphatic carbocycles. The molecule has 1 aliphatic rings. The zero-order chi connectivity index (χ0) is 10.1. The summed E-state index contributed by atoms with van der Waals surface area (Å²) in [7, 11) is -1.14. The van der Waals surface area contributed by atoms with Gasteiger partial charge in [0.25, 0.3) is 0 Å². The first-order chi connectivity index (χ1) is 5.91. The number of hydrogen-bond donors (Lipinski definition) is 0. The number of carbonyl (C=O) groups is 1. The third kappa shape index (κ3) is 2.80. The minimum atomic E-state index is -1.14. The van der Waals surface area contributed by atoms with E-state index in [9.17, 15) is 4.79 Å². The number of ketones is 1. The predicted octanol–water partition coefficient (Wildman–Crippen LogP) is 3.18. The maximum Gasteiger partial charge on any atom is 0.136 e. The number of carbonyl (C=O) groups excluding carboxylic acids is 1. The maximum atomic E-state index is 11.5. The van der Waals surface area contributed by atoms with Crippen LogP contribution in [-0.4, -0.2) is 13.9 Å². The quantitative estimate of drug-likeness (QED) is 0.589. The Hall–Kier alpha value is -0.373. The molecule has 13 heavy (non-hydrogen) atoms. The van der Waals surface area contributed by atoms with E-state index in [0.717, 1.165) is 19.3 Å². The minimum absolute atomic E-state index is 0.258. The van der Waals surface area contributed by atoms with Gasteiger partial charge in [0, 0.05) is 12.3 Å². The molecule has 1 nitrogen and oxygen atoms in total. The number of hydrogen-bond acceptors (Lipinski definition) is 1. The average Bonchev–Trinajstić information content (AvgIpc) is 2.14. The molecule has 0 spiro atoms. The standard InChI is InChI=1S/C11H20OSi/c1-9-5-6-10(13(2,3)4)7-8-11(9)12/h6,9H,5,7-8H2,1-4H3. The molecule has 0 saturated carbocycles. The number of rotatable bonds is 1. The Morgan fingerprint density at radius 1 is 1.31 bits per heavy atom. The molecule has 0 saturated heterocycles. The van der Waals surface area contributed by atoms with Gasteiger partial charge in [-0.2, -0.15) is 0 Å². The van der Waals surface area contributed by atoms with E-state index in [1.54, 1.807) is 5.20 Å². The van der Waals surface area contributed by atoms with Crippen molar-refractivity contribution in [2.45, 2.75) is 45.8 Å². The molecule has 0 heterocycles. The Labute approximate surface area is 82.2 Å². The Bertz CT molecular complexity index is 235. The van der Waals surface area contributed by atoms with Gasteiger partial charge < -0.3 is 0 Å². The van der Waals surface area contributed by atoms with Crippen LogP contribution in [0.3, 0.4) is 0 Å². The van der Waals surface area contributed by atoms with Gasteiger partial charge in [-0.3, -0.25) is 4.79 Å². The highest BCUT2D eigenvalue weighted by Crippen LogP contribution is 2.26. The van der Waals surface area contributed by atoms with E-state index in [0.29, 0.717) is 5.78 Å². The van der Waals surface area contributed by atoms with E-state index >= 15 is 0 Å². The summed E-state index contributed by atoms with van der Waals surface area (Å²) < 4.78 is 0. The van der Waals surface area contributed by atoms with Crippen LogP contribution < -0.4 is 0 Å². The number of Topliss-reactive ketones (excluding diaryl/α,β-unsaturated/α-hetero) is 1. The molecule has 0 aromatic rings. The first-order valence-corrected chi connectivity index (χ1v) is 8.63. The molecular formula is C11H20OSi. The van der Waals surface area contributed by atoms with Crippen LogP contribution in [0.15, 0.2) is 11.3 Å². The van der Waals surface area contributed by atoms with E-state index in [4.69, 9.17) is 0 Å². The third-order valence-electron chi connectivity index (χ3n) is 2.87. The minimum Gasteiger partial charge on any atom is -0.299 e. The van der Waals surface area contributed by atoms with Gasteiger partial charge in [0.2, 0.25) is 0 Å². The second kappa shape index (κ2) is 3.78. The molecule has 2 heteroatoms. The molecule has 0 aromatic heterocycles. The molecule has 0 aromatic carbocycles. The van der Waals surface area contributed by atoms with Crippen molar-refractivity contribution in [2.75, 3.05) is 0 Å². The molecule has 1 unspecified atom stereocenters. The van der Waals surface area contributed by atoms with Gasteiger partial charge in [-0.25, -0.2) is 0 Å². The van der Waals surface area contributed by atoms with Crippen molar-refractivity contribution in [1.82, 2.24) is 0 Å². The molecule has 0 fully saturated rings. The lowest BCUT2D eigenvalue weighted by Crippen LogP contribution is -2.23. The average molecular weight is 196 g/mol. The van der Waals surface area contributed by atoms with Crippen molar-refractivity contribution < 1.29 is 4.79 Å². The lowest BCUT2D eigenvalue weighted by Gasteiger charge is -2.19. The van der Waals surface area contributed by atoms with Gasteiger partial charge >= 0.3 is 0 Å². The summed E-state index contributed by atoms with van der Waals surface area (Å²) in [6.45, 7) is 9.13. The second-order valence-electron chi connectivity index (χ2n) is 5.08. The molecule has 0 N–H and O–H groups in total. The van der Waals surface area contributed by atoms with Gasteiger partial charge in [0.05, 0.1) is 8.07 Å². The summed E-state index contributed by atoms with van der Waals surface area (Å²) in [5.41, 5.74) is 0. The topological polar surface area (TPSA) is 17.1 Å². The third-order valence-corrected chi connectivity index (χ3v) is 5.25. The van der Waals surface area contributed by atoms with Crippen LogP contribution in [0.25, 0.3) is 0 Å². The molecule has 0 aliphatic heterocycles. The Morgan fingerprint density at radius 3 is 2.46 bits per heavy atom. The van der Waals surface area contributed by atoms with Crippen LogP contribution in [0.1, 0.15) is 26.2 Å². The Balaban J connectivity index is 2.75. The van der Waals surface area contributed by atoms with E-state index in [2.05, 4.69) is 25.7 Å². The molecule has 1 rings (SSSR count). The normalized spacial score (nSPS) is 25.4. The zero-order valence-corrected chi connectivity index (χ0v) is 10.2. The summed E-state index contributed by atoms with van der Waals surface area (Å²) >= 11 is 0. The van der Waals surface area contributed by atoms with Crippen LogP contribution in [0.5, 0.6) is 0 Å². The molecular weight excluding hydrogens is 176 g/mol. The molecule has 0 amide bonds. The van der Waals surface area contributed by atoms with Gasteiger partial charge in [0.15, 0.2) is 0 Å². The van der Waals surface area contributed by atoms with Crippen molar-refractivity contribution in [3.63, 3.8) is 0 Å². The van der Waals surface area contributed by atoms with Crippen LogP contribution in [-0.2, 0) is 4.79 Å². The fourth-order valence-electron chi connectivity index (χ4n) is 1.74. The largest absolute Gasteiger partial charge is 0.299 e. The Morgan fingerprint density at radius 2 is 1.92 bits per heavy atom. The van der Waals surface area contributed by atoms with Crippen LogP contribution in [0.4, 0.5) is 0 Å². The lowest BCUT2D eigenvalue weighted by atomic mass is 10.0. The van der Waals surface area contributed by atoms with Gasteiger partial charge in [-0.1, -0.05) is 37.8 Å². The summed E-state index contributed by atoms with van der Waals surface area (Å²) in [6.07, 6.45) is 5.11. The Kier molecular flexibility index (Phi) is 3.12. The lowest BCUT2D eigenvalue weighted by molar-refractivity contribution is -0.122.